The standard InChI is InChI=1S/3C2H2O4.2Dy.10H2O/c3*3-1(4)2(5)6;;;;;;;;;;;;/h3*(H,3,4)(H,5,6);;;10*1H2/q;;;2*+3;;;;;;;;;;/p-6. The number of hydrogen-bond acceptors (Lipinski definition) is 12. The number of carboxylic acid groups (broad SMARTS) is 6. The van der Waals surface area contributed by atoms with Crippen LogP contribution in [-0.2, 0) is 28.8 Å². The van der Waals surface area contributed by atoms with Gasteiger partial charge in [0.05, 0.1) is 35.8 Å². The zero-order valence-corrected chi connectivity index (χ0v) is 17.6. The van der Waals surface area contributed by atoms with Gasteiger partial charge in [-0.05, 0) is 0 Å². The van der Waals surface area contributed by atoms with Crippen molar-refractivity contribution in [1.29, 1.82) is 0 Å². The van der Waals surface area contributed by atoms with Crippen LogP contribution < -0.4 is 30.6 Å². The molecule has 30 heavy (non-hydrogen) atoms. The van der Waals surface area contributed by atoms with E-state index in [1.54, 1.807) is 0 Å². The molecule has 0 aromatic carbocycles. The molecule has 0 rings (SSSR count). The number of rotatable bonds is 0. The fourth-order valence-electron chi connectivity index (χ4n) is 0. The molecule has 0 aromatic rings. The van der Waals surface area contributed by atoms with Crippen molar-refractivity contribution in [1.82, 2.24) is 0 Å². The minimum atomic E-state index is -2.19. The van der Waals surface area contributed by atoms with Gasteiger partial charge in [-0.25, -0.2) is 0 Å². The molecule has 0 aliphatic heterocycles. The van der Waals surface area contributed by atoms with Crippen LogP contribution in [0.1, 0.15) is 0 Å². The molecule has 22 nitrogen and oxygen atoms in total. The van der Waals surface area contributed by atoms with Gasteiger partial charge in [-0.3, -0.25) is 0 Å². The Labute approximate surface area is 224 Å². The van der Waals surface area contributed by atoms with Crippen LogP contribution in [0, 0.1) is 76.3 Å². The molecule has 0 atom stereocenters. The molecule has 196 valence electrons. The van der Waals surface area contributed by atoms with Crippen molar-refractivity contribution in [3.8, 4) is 0 Å². The summed E-state index contributed by atoms with van der Waals surface area (Å²) < 4.78 is 0. The van der Waals surface area contributed by atoms with Gasteiger partial charge in [-0.15, -0.1) is 0 Å². The minimum Gasteiger partial charge on any atom is -0.543 e. The summed E-state index contributed by atoms with van der Waals surface area (Å²) in [4.78, 5) is 53.6. The van der Waals surface area contributed by atoms with Crippen molar-refractivity contribution in [2.45, 2.75) is 0 Å². The quantitative estimate of drug-likeness (QED) is 0.207. The second-order valence-electron chi connectivity index (χ2n) is 1.72. The molecule has 0 aromatic heterocycles. The third-order valence-electron chi connectivity index (χ3n) is 0.500. The minimum absolute atomic E-state index is 0. The molecule has 2 radical (unpaired) electrons. The van der Waals surface area contributed by atoms with E-state index < -0.39 is 35.8 Å². The zero-order chi connectivity index (χ0) is 15.5. The van der Waals surface area contributed by atoms with Crippen molar-refractivity contribution in [2.24, 2.45) is 0 Å². The van der Waals surface area contributed by atoms with Crippen molar-refractivity contribution in [3.63, 3.8) is 0 Å². The second-order valence-corrected chi connectivity index (χ2v) is 1.72. The van der Waals surface area contributed by atoms with E-state index in [1.807, 2.05) is 0 Å². The molecule has 0 aliphatic rings. The maximum Gasteiger partial charge on any atom is 3.00 e. The predicted molar refractivity (Wildman–Crippen MR) is 66.2 cm³/mol. The van der Waals surface area contributed by atoms with Gasteiger partial charge in [0.15, 0.2) is 0 Å². The Hall–Kier alpha value is -1.03. The summed E-state index contributed by atoms with van der Waals surface area (Å²) in [7, 11) is 0. The summed E-state index contributed by atoms with van der Waals surface area (Å²) in [6.07, 6.45) is 0. The summed E-state index contributed by atoms with van der Waals surface area (Å²) in [5.74, 6) is -13.1. The number of hydrogen-bond donors (Lipinski definition) is 0. The Kier molecular flexibility index (Phi) is 274. The van der Waals surface area contributed by atoms with Crippen LogP contribution in [0.15, 0.2) is 0 Å². The number of carbonyl (C=O) groups excluding carboxylic acids is 6. The molecular weight excluding hydrogens is 749 g/mol. The van der Waals surface area contributed by atoms with Gasteiger partial charge in [0, 0.05) is 0 Å². The van der Waals surface area contributed by atoms with Crippen LogP contribution in [0.25, 0.3) is 0 Å². The largest absolute Gasteiger partial charge is 3.00 e. The van der Waals surface area contributed by atoms with Crippen LogP contribution in [-0.4, -0.2) is 90.6 Å². The van der Waals surface area contributed by atoms with Gasteiger partial charge < -0.3 is 114 Å². The number of carboxylic acids is 6. The second kappa shape index (κ2) is 70.6. The normalized spacial score (nSPS) is 4.40. The SMILES string of the molecule is O.O.O.O.O.O.O.O.O.O.O=C([O-])C(=O)[O-].O=C([O-])C(=O)[O-].O=C([O-])C(=O)[O-].[Dy+3].[Dy+3]. The molecule has 0 bridgehead atoms. The van der Waals surface area contributed by atoms with E-state index in [1.165, 1.54) is 0 Å². The topological polar surface area (TPSA) is 556 Å². The average molecular weight is 769 g/mol. The van der Waals surface area contributed by atoms with Crippen molar-refractivity contribution < 1.29 is 191 Å². The Morgan fingerprint density at radius 3 is 0.300 bits per heavy atom. The van der Waals surface area contributed by atoms with Crippen LogP contribution in [0.2, 0.25) is 0 Å². The first-order valence-corrected chi connectivity index (χ1v) is 3.20. The molecule has 0 heterocycles. The molecule has 0 amide bonds. The van der Waals surface area contributed by atoms with Crippen LogP contribution in [0.3, 0.4) is 0 Å². The fraction of sp³-hybridized carbons (Fsp3) is 0. The third-order valence-corrected chi connectivity index (χ3v) is 0.500. The molecular formula is C6H20Dy2O22. The van der Waals surface area contributed by atoms with Crippen LogP contribution >= 0.6 is 0 Å². The Morgan fingerprint density at radius 1 is 0.267 bits per heavy atom. The van der Waals surface area contributed by atoms with Gasteiger partial charge in [0.1, 0.15) is 0 Å². The Balaban J connectivity index is -0.00000000721. The zero-order valence-electron chi connectivity index (χ0n) is 13.5. The average Bonchev–Trinajstić information content (AvgIpc) is 2.18. The van der Waals surface area contributed by atoms with E-state index in [0.29, 0.717) is 0 Å². The van der Waals surface area contributed by atoms with Gasteiger partial charge in [0.2, 0.25) is 0 Å². The summed E-state index contributed by atoms with van der Waals surface area (Å²) in [6.45, 7) is 0. The predicted octanol–water partition coefficient (Wildman–Crippen LogP) is -18.8. The van der Waals surface area contributed by atoms with Gasteiger partial charge >= 0.3 is 76.3 Å². The molecule has 0 saturated heterocycles. The van der Waals surface area contributed by atoms with E-state index in [2.05, 4.69) is 0 Å². The third kappa shape index (κ3) is 151. The molecule has 0 spiro atoms. The molecule has 0 unspecified atom stereocenters. The monoisotopic (exact) mass is 772 g/mol. The number of aliphatic carboxylic acids is 6. The van der Waals surface area contributed by atoms with Crippen LogP contribution in [0.5, 0.6) is 0 Å². The first-order chi connectivity index (χ1) is 7.93. The van der Waals surface area contributed by atoms with Crippen molar-refractivity contribution in [2.75, 3.05) is 0 Å². The Bertz CT molecular complexity index is 287. The molecule has 0 saturated carbocycles. The maximum absolute atomic E-state index is 8.93. The summed E-state index contributed by atoms with van der Waals surface area (Å²) in [5.41, 5.74) is 0. The van der Waals surface area contributed by atoms with Gasteiger partial charge in [0.25, 0.3) is 0 Å². The number of carbonyl (C=O) groups is 6. The van der Waals surface area contributed by atoms with E-state index in [0.717, 1.165) is 0 Å². The smallest absolute Gasteiger partial charge is 0.543 e. The van der Waals surface area contributed by atoms with Gasteiger partial charge in [-0.1, -0.05) is 0 Å². The van der Waals surface area contributed by atoms with E-state index in [-0.39, 0.29) is 131 Å². The first-order valence-electron chi connectivity index (χ1n) is 3.20. The molecule has 24 heteroatoms. The van der Waals surface area contributed by atoms with Gasteiger partial charge in [-0.2, -0.15) is 0 Å². The molecule has 20 N–H and O–H groups in total. The van der Waals surface area contributed by atoms with Crippen molar-refractivity contribution in [3.05, 3.63) is 0 Å². The van der Waals surface area contributed by atoms with Crippen LogP contribution in [0.4, 0.5) is 0 Å². The van der Waals surface area contributed by atoms with E-state index in [4.69, 9.17) is 59.4 Å². The Morgan fingerprint density at radius 2 is 0.300 bits per heavy atom. The summed E-state index contributed by atoms with van der Waals surface area (Å²) in [6, 6.07) is 0. The molecule has 0 aliphatic carbocycles. The van der Waals surface area contributed by atoms with E-state index in [9.17, 15) is 0 Å². The first kappa shape index (κ1) is 116. The van der Waals surface area contributed by atoms with E-state index >= 15 is 0 Å². The maximum atomic E-state index is 8.93. The fourth-order valence-corrected chi connectivity index (χ4v) is 0. The van der Waals surface area contributed by atoms with Crippen molar-refractivity contribution >= 4 is 35.8 Å². The summed E-state index contributed by atoms with van der Waals surface area (Å²) in [5, 5.41) is 53.6. The summed E-state index contributed by atoms with van der Waals surface area (Å²) >= 11 is 0. The molecule has 0 fully saturated rings.